The van der Waals surface area contributed by atoms with Crippen LogP contribution in [0.15, 0.2) is 71.9 Å². The van der Waals surface area contributed by atoms with Gasteiger partial charge in [0.25, 0.3) is 0 Å². The van der Waals surface area contributed by atoms with Gasteiger partial charge >= 0.3 is 0 Å². The van der Waals surface area contributed by atoms with E-state index in [0.717, 1.165) is 16.8 Å². The number of benzene rings is 3. The van der Waals surface area contributed by atoms with Crippen molar-refractivity contribution in [2.24, 2.45) is 0 Å². The Bertz CT molecular complexity index is 1360. The molecule has 1 amide bonds. The molecule has 0 saturated heterocycles. The molecule has 1 aromatic heterocycles. The maximum absolute atomic E-state index is 13.0. The highest BCUT2D eigenvalue weighted by Gasteiger charge is 2.24. The van der Waals surface area contributed by atoms with Gasteiger partial charge in [-0.05, 0) is 60.9 Å². The highest BCUT2D eigenvalue weighted by atomic mass is 35.5. The summed E-state index contributed by atoms with van der Waals surface area (Å²) in [5.41, 5.74) is 3.44. The second kappa shape index (κ2) is 11.0. The zero-order valence-corrected chi connectivity index (χ0v) is 22.4. The molecule has 0 aliphatic heterocycles. The maximum atomic E-state index is 13.0. The Morgan fingerprint density at radius 1 is 0.914 bits per heavy atom. The molecular formula is C26H23Cl3N4OS. The first kappa shape index (κ1) is 25.6. The number of carbonyl (C=O) groups excluding carboxylic acids is 1. The van der Waals surface area contributed by atoms with Crippen LogP contribution in [0.2, 0.25) is 15.1 Å². The van der Waals surface area contributed by atoms with Crippen molar-refractivity contribution >= 4 is 58.2 Å². The Balaban J connectivity index is 1.72. The molecular weight excluding hydrogens is 523 g/mol. The van der Waals surface area contributed by atoms with Crippen molar-refractivity contribution in [2.75, 3.05) is 5.32 Å². The molecule has 0 bridgehead atoms. The van der Waals surface area contributed by atoms with Gasteiger partial charge in [0.05, 0.1) is 26.7 Å². The lowest BCUT2D eigenvalue weighted by Crippen LogP contribution is -2.23. The number of nitrogens with zero attached hydrogens (tertiary/aromatic N) is 3. The summed E-state index contributed by atoms with van der Waals surface area (Å²) in [5, 5.41) is 13.3. The summed E-state index contributed by atoms with van der Waals surface area (Å²) >= 11 is 19.8. The summed E-state index contributed by atoms with van der Waals surface area (Å²) in [4.78, 5) is 13.0. The molecule has 4 aromatic rings. The topological polar surface area (TPSA) is 59.8 Å². The van der Waals surface area contributed by atoms with Gasteiger partial charge in [0.2, 0.25) is 5.91 Å². The van der Waals surface area contributed by atoms with Gasteiger partial charge in [-0.15, -0.1) is 10.2 Å². The van der Waals surface area contributed by atoms with E-state index in [9.17, 15) is 4.79 Å². The number of carbonyl (C=O) groups is 1. The summed E-state index contributed by atoms with van der Waals surface area (Å²) in [7, 11) is 0. The second-order valence-electron chi connectivity index (χ2n) is 8.21. The first-order chi connectivity index (χ1) is 16.8. The normalized spacial score (nSPS) is 12.1. The standard InChI is InChI=1S/C26H23Cl3N4OS/c1-15(2)19-7-4-5-10-22(19)33-24(17-11-13-18(27)14-12-17)31-32-26(33)35-16(3)25(34)30-21-9-6-8-20(28)23(21)29/h4-16H,1-3H3,(H,30,34). The van der Waals surface area contributed by atoms with Crippen LogP contribution in [0.3, 0.4) is 0 Å². The molecule has 180 valence electrons. The van der Waals surface area contributed by atoms with E-state index in [0.29, 0.717) is 31.7 Å². The third-order valence-corrected chi connectivity index (χ3v) is 7.51. The molecule has 3 aromatic carbocycles. The summed E-state index contributed by atoms with van der Waals surface area (Å²) in [6, 6.07) is 20.7. The Morgan fingerprint density at radius 2 is 1.63 bits per heavy atom. The van der Waals surface area contributed by atoms with Gasteiger partial charge in [-0.1, -0.05) is 84.7 Å². The quantitative estimate of drug-likeness (QED) is 0.238. The average molecular weight is 546 g/mol. The summed E-state index contributed by atoms with van der Waals surface area (Å²) in [6.07, 6.45) is 0. The lowest BCUT2D eigenvalue weighted by atomic mass is 10.0. The number of rotatable bonds is 7. The van der Waals surface area contributed by atoms with Gasteiger partial charge in [0.15, 0.2) is 11.0 Å². The minimum Gasteiger partial charge on any atom is -0.324 e. The number of thioether (sulfide) groups is 1. The van der Waals surface area contributed by atoms with E-state index in [1.807, 2.05) is 54.0 Å². The lowest BCUT2D eigenvalue weighted by Gasteiger charge is -2.18. The van der Waals surface area contributed by atoms with E-state index >= 15 is 0 Å². The molecule has 0 radical (unpaired) electrons. The third kappa shape index (κ3) is 5.67. The van der Waals surface area contributed by atoms with Crippen LogP contribution in [0.5, 0.6) is 0 Å². The molecule has 0 aliphatic carbocycles. The minimum absolute atomic E-state index is 0.223. The number of anilines is 1. The van der Waals surface area contributed by atoms with E-state index in [1.165, 1.54) is 11.8 Å². The molecule has 1 atom stereocenters. The monoisotopic (exact) mass is 544 g/mol. The van der Waals surface area contributed by atoms with Crippen molar-refractivity contribution in [1.82, 2.24) is 14.8 Å². The Morgan fingerprint density at radius 3 is 2.34 bits per heavy atom. The Hall–Kier alpha value is -2.51. The van der Waals surface area contributed by atoms with Crippen molar-refractivity contribution in [3.63, 3.8) is 0 Å². The zero-order chi connectivity index (χ0) is 25.1. The van der Waals surface area contributed by atoms with Crippen LogP contribution in [0.25, 0.3) is 17.1 Å². The number of nitrogens with one attached hydrogen (secondary N) is 1. The van der Waals surface area contributed by atoms with Gasteiger partial charge < -0.3 is 5.32 Å². The van der Waals surface area contributed by atoms with E-state index in [2.05, 4.69) is 35.4 Å². The predicted molar refractivity (Wildman–Crippen MR) is 146 cm³/mol. The smallest absolute Gasteiger partial charge is 0.237 e. The van der Waals surface area contributed by atoms with Gasteiger partial charge in [0, 0.05) is 10.6 Å². The molecule has 0 fully saturated rings. The number of aromatic nitrogens is 3. The Labute approximate surface area is 223 Å². The van der Waals surface area contributed by atoms with Crippen molar-refractivity contribution in [3.05, 3.63) is 87.4 Å². The molecule has 9 heteroatoms. The SMILES string of the molecule is CC(Sc1nnc(-c2ccc(Cl)cc2)n1-c1ccccc1C(C)C)C(=O)Nc1cccc(Cl)c1Cl. The molecule has 4 rings (SSSR count). The molecule has 0 spiro atoms. The van der Waals surface area contributed by atoms with Crippen LogP contribution >= 0.6 is 46.6 Å². The van der Waals surface area contributed by atoms with Gasteiger partial charge in [-0.25, -0.2) is 0 Å². The van der Waals surface area contributed by atoms with Crippen molar-refractivity contribution in [1.29, 1.82) is 0 Å². The number of para-hydroxylation sites is 1. The fourth-order valence-electron chi connectivity index (χ4n) is 3.58. The van der Waals surface area contributed by atoms with E-state index in [-0.39, 0.29) is 11.8 Å². The number of halogens is 3. The average Bonchev–Trinajstić information content (AvgIpc) is 3.25. The number of hydrogen-bond acceptors (Lipinski definition) is 4. The Kier molecular flexibility index (Phi) is 8.07. The second-order valence-corrected chi connectivity index (χ2v) is 10.7. The fourth-order valence-corrected chi connectivity index (χ4v) is 4.91. The van der Waals surface area contributed by atoms with Gasteiger partial charge in [-0.3, -0.25) is 9.36 Å². The lowest BCUT2D eigenvalue weighted by molar-refractivity contribution is -0.115. The third-order valence-electron chi connectivity index (χ3n) is 5.40. The highest BCUT2D eigenvalue weighted by Crippen LogP contribution is 2.35. The van der Waals surface area contributed by atoms with Crippen LogP contribution in [0, 0.1) is 0 Å². The zero-order valence-electron chi connectivity index (χ0n) is 19.3. The molecule has 1 heterocycles. The van der Waals surface area contributed by atoms with E-state index < -0.39 is 5.25 Å². The van der Waals surface area contributed by atoms with Crippen LogP contribution in [-0.2, 0) is 4.79 Å². The molecule has 0 saturated carbocycles. The van der Waals surface area contributed by atoms with Crippen LogP contribution < -0.4 is 5.32 Å². The molecule has 1 unspecified atom stereocenters. The van der Waals surface area contributed by atoms with E-state index in [1.54, 1.807) is 18.2 Å². The molecule has 1 N–H and O–H groups in total. The molecule has 0 aliphatic rings. The first-order valence-corrected chi connectivity index (χ1v) is 13.0. The van der Waals surface area contributed by atoms with Gasteiger partial charge in [0.1, 0.15) is 0 Å². The molecule has 5 nitrogen and oxygen atoms in total. The number of hydrogen-bond donors (Lipinski definition) is 1. The highest BCUT2D eigenvalue weighted by molar-refractivity contribution is 8.00. The van der Waals surface area contributed by atoms with E-state index in [4.69, 9.17) is 34.8 Å². The largest absolute Gasteiger partial charge is 0.324 e. The summed E-state index contributed by atoms with van der Waals surface area (Å²) in [6.45, 7) is 6.10. The predicted octanol–water partition coefficient (Wildman–Crippen LogP) is 8.14. The van der Waals surface area contributed by atoms with Gasteiger partial charge in [-0.2, -0.15) is 0 Å². The molecule has 35 heavy (non-hydrogen) atoms. The van der Waals surface area contributed by atoms with Crippen LogP contribution in [0.4, 0.5) is 5.69 Å². The maximum Gasteiger partial charge on any atom is 0.237 e. The number of amides is 1. The minimum atomic E-state index is -0.489. The first-order valence-electron chi connectivity index (χ1n) is 11.0. The van der Waals surface area contributed by atoms with Crippen molar-refractivity contribution < 1.29 is 4.79 Å². The van der Waals surface area contributed by atoms with Crippen LogP contribution in [0.1, 0.15) is 32.3 Å². The summed E-state index contributed by atoms with van der Waals surface area (Å²) < 4.78 is 2.00. The fraction of sp³-hybridized carbons (Fsp3) is 0.192. The van der Waals surface area contributed by atoms with Crippen molar-refractivity contribution in [3.8, 4) is 17.1 Å². The van der Waals surface area contributed by atoms with Crippen LogP contribution in [-0.4, -0.2) is 25.9 Å². The van der Waals surface area contributed by atoms with Crippen molar-refractivity contribution in [2.45, 2.75) is 37.1 Å². The summed E-state index contributed by atoms with van der Waals surface area (Å²) in [5.74, 6) is 0.719.